The summed E-state index contributed by atoms with van der Waals surface area (Å²) >= 11 is 1.46. The third kappa shape index (κ3) is 5.23. The van der Waals surface area contributed by atoms with Gasteiger partial charge in [-0.3, -0.25) is 4.90 Å². The van der Waals surface area contributed by atoms with Gasteiger partial charge in [0.1, 0.15) is 5.04 Å². The molecule has 200 valence electrons. The molecule has 0 atom stereocenters. The Balaban J connectivity index is 1.38. The van der Waals surface area contributed by atoms with Crippen LogP contribution < -0.4 is 4.90 Å². The first kappa shape index (κ1) is 25.6. The number of nitrogens with zero attached hydrogens (tertiary/aromatic N) is 5. The molecular formula is C36H25N5S. The predicted molar refractivity (Wildman–Crippen MR) is 180 cm³/mol. The summed E-state index contributed by atoms with van der Waals surface area (Å²) in [5.41, 5.74) is 3.66. The molecule has 1 heterocycles. The first-order valence-electron chi connectivity index (χ1n) is 13.7. The van der Waals surface area contributed by atoms with E-state index in [2.05, 4.69) is 59.7 Å². The summed E-state index contributed by atoms with van der Waals surface area (Å²) < 4.78 is 0. The Bertz CT molecular complexity index is 1950. The SMILES string of the molecule is C(=NN=C1SC(=Nc2ccccc2)C(=Nc2ccccc2)N1c1ccccc1)c1c2ccccc2cc2ccccc12. The van der Waals surface area contributed by atoms with E-state index in [1.54, 1.807) is 0 Å². The van der Waals surface area contributed by atoms with Gasteiger partial charge < -0.3 is 0 Å². The van der Waals surface area contributed by atoms with Crippen molar-refractivity contribution in [3.05, 3.63) is 151 Å². The zero-order valence-electron chi connectivity index (χ0n) is 22.6. The first-order chi connectivity index (χ1) is 20.8. The standard InChI is InChI=1S/C36H25N5S/c1-4-16-28(17-5-1)38-34-35(39-29-18-6-2-7-19-29)42-36(41(34)30-20-8-3-9-21-30)40-37-25-33-31-22-12-10-14-26(31)24-27-15-11-13-23-32(27)33/h1-25H. The number of benzene rings is 6. The molecule has 1 saturated heterocycles. The molecule has 6 heteroatoms. The van der Waals surface area contributed by atoms with E-state index in [0.717, 1.165) is 38.4 Å². The maximum atomic E-state index is 5.05. The lowest BCUT2D eigenvalue weighted by atomic mass is 9.97. The van der Waals surface area contributed by atoms with Crippen LogP contribution in [0.5, 0.6) is 0 Å². The Morgan fingerprint density at radius 1 is 0.548 bits per heavy atom. The third-order valence-corrected chi connectivity index (χ3v) is 7.83. The Morgan fingerprint density at radius 3 is 1.69 bits per heavy atom. The number of aliphatic imine (C=N–C) groups is 2. The van der Waals surface area contributed by atoms with E-state index < -0.39 is 0 Å². The van der Waals surface area contributed by atoms with Crippen LogP contribution in [0.4, 0.5) is 17.1 Å². The first-order valence-corrected chi connectivity index (χ1v) is 14.5. The molecule has 0 spiro atoms. The molecule has 1 fully saturated rings. The number of rotatable bonds is 5. The van der Waals surface area contributed by atoms with Crippen LogP contribution in [0.25, 0.3) is 21.5 Å². The molecule has 0 saturated carbocycles. The van der Waals surface area contributed by atoms with Crippen LogP contribution in [-0.4, -0.2) is 22.3 Å². The molecule has 0 N–H and O–H groups in total. The van der Waals surface area contributed by atoms with Gasteiger partial charge in [0.2, 0.25) is 5.17 Å². The third-order valence-electron chi connectivity index (χ3n) is 6.92. The summed E-state index contributed by atoms with van der Waals surface area (Å²) in [7, 11) is 0. The highest BCUT2D eigenvalue weighted by molar-refractivity contribution is 8.29. The molecule has 6 aromatic carbocycles. The summed E-state index contributed by atoms with van der Waals surface area (Å²) in [5, 5.41) is 15.5. The number of anilines is 1. The van der Waals surface area contributed by atoms with Crippen LogP contribution >= 0.6 is 11.8 Å². The maximum Gasteiger partial charge on any atom is 0.202 e. The lowest BCUT2D eigenvalue weighted by Crippen LogP contribution is -2.30. The number of thioether (sulfide) groups is 1. The monoisotopic (exact) mass is 559 g/mol. The van der Waals surface area contributed by atoms with E-state index in [1.807, 2.05) is 102 Å². The highest BCUT2D eigenvalue weighted by atomic mass is 32.2. The molecule has 0 amide bonds. The summed E-state index contributed by atoms with van der Waals surface area (Å²) in [4.78, 5) is 12.1. The van der Waals surface area contributed by atoms with Gasteiger partial charge in [-0.05, 0) is 75.8 Å². The summed E-state index contributed by atoms with van der Waals surface area (Å²) in [6, 6.07) is 48.9. The van der Waals surface area contributed by atoms with Crippen LogP contribution in [0.3, 0.4) is 0 Å². The van der Waals surface area contributed by atoms with E-state index in [0.29, 0.717) is 11.0 Å². The van der Waals surface area contributed by atoms with Gasteiger partial charge in [-0.2, -0.15) is 5.10 Å². The predicted octanol–water partition coefficient (Wildman–Crippen LogP) is 9.40. The van der Waals surface area contributed by atoms with E-state index in [9.17, 15) is 0 Å². The quantitative estimate of drug-likeness (QED) is 0.120. The Hall–Kier alpha value is -5.33. The van der Waals surface area contributed by atoms with E-state index >= 15 is 0 Å². The highest BCUT2D eigenvalue weighted by Crippen LogP contribution is 2.33. The molecule has 5 nitrogen and oxygen atoms in total. The van der Waals surface area contributed by atoms with Gasteiger partial charge in [0.25, 0.3) is 0 Å². The van der Waals surface area contributed by atoms with Crippen molar-refractivity contribution in [2.75, 3.05) is 4.90 Å². The van der Waals surface area contributed by atoms with Crippen LogP contribution in [0.15, 0.2) is 166 Å². The van der Waals surface area contributed by atoms with Crippen molar-refractivity contribution in [2.45, 2.75) is 0 Å². The normalized spacial score (nSPS) is 16.5. The number of hydrogen-bond donors (Lipinski definition) is 0. The van der Waals surface area contributed by atoms with Crippen LogP contribution in [0.2, 0.25) is 0 Å². The van der Waals surface area contributed by atoms with Gasteiger partial charge in [-0.15, -0.1) is 5.10 Å². The molecule has 0 unspecified atom stereocenters. The minimum atomic E-state index is 0.673. The maximum absolute atomic E-state index is 5.05. The second kappa shape index (κ2) is 11.6. The van der Waals surface area contributed by atoms with Gasteiger partial charge in [0.15, 0.2) is 5.84 Å². The molecule has 0 radical (unpaired) electrons. The zero-order valence-corrected chi connectivity index (χ0v) is 23.4. The number of fused-ring (bicyclic) bond motifs is 2. The Kier molecular flexibility index (Phi) is 7.11. The smallest absolute Gasteiger partial charge is 0.202 e. The van der Waals surface area contributed by atoms with Crippen molar-refractivity contribution in [3.63, 3.8) is 0 Å². The van der Waals surface area contributed by atoms with Crippen molar-refractivity contribution in [1.82, 2.24) is 0 Å². The molecule has 0 bridgehead atoms. The fourth-order valence-electron chi connectivity index (χ4n) is 4.98. The second-order valence-electron chi connectivity index (χ2n) is 9.66. The summed E-state index contributed by atoms with van der Waals surface area (Å²) in [6.07, 6.45) is 1.86. The fourth-order valence-corrected chi connectivity index (χ4v) is 5.90. The van der Waals surface area contributed by atoms with Gasteiger partial charge in [-0.25, -0.2) is 9.98 Å². The molecule has 0 aliphatic carbocycles. The van der Waals surface area contributed by atoms with E-state index in [-0.39, 0.29) is 0 Å². The van der Waals surface area contributed by atoms with Gasteiger partial charge in [-0.1, -0.05) is 103 Å². The average Bonchev–Trinajstić information content (AvgIpc) is 3.38. The number of amidine groups is 2. The molecule has 1 aliphatic heterocycles. The summed E-state index contributed by atoms with van der Waals surface area (Å²) in [5.74, 6) is 0.700. The molecule has 42 heavy (non-hydrogen) atoms. The average molecular weight is 560 g/mol. The van der Waals surface area contributed by atoms with Crippen molar-refractivity contribution in [3.8, 4) is 0 Å². The number of para-hydroxylation sites is 3. The molecule has 1 aliphatic rings. The fraction of sp³-hybridized carbons (Fsp3) is 0. The number of hydrogen-bond acceptors (Lipinski definition) is 5. The summed E-state index contributed by atoms with van der Waals surface area (Å²) in [6.45, 7) is 0. The zero-order chi connectivity index (χ0) is 28.1. The topological polar surface area (TPSA) is 52.7 Å². The van der Waals surface area contributed by atoms with Crippen molar-refractivity contribution in [2.24, 2.45) is 20.2 Å². The van der Waals surface area contributed by atoms with Gasteiger partial charge in [0, 0.05) is 11.3 Å². The van der Waals surface area contributed by atoms with Crippen LogP contribution in [0, 0.1) is 0 Å². The van der Waals surface area contributed by atoms with Crippen molar-refractivity contribution < 1.29 is 0 Å². The molecule has 7 rings (SSSR count). The van der Waals surface area contributed by atoms with E-state index in [1.165, 1.54) is 22.5 Å². The minimum Gasteiger partial charge on any atom is -0.269 e. The van der Waals surface area contributed by atoms with E-state index in [4.69, 9.17) is 15.1 Å². The lowest BCUT2D eigenvalue weighted by Gasteiger charge is -2.17. The van der Waals surface area contributed by atoms with Gasteiger partial charge in [0.05, 0.1) is 17.6 Å². The Labute approximate surface area is 248 Å². The lowest BCUT2D eigenvalue weighted by molar-refractivity contribution is 1.24. The molecule has 0 aromatic heterocycles. The van der Waals surface area contributed by atoms with Crippen LogP contribution in [0.1, 0.15) is 5.56 Å². The molecule has 6 aromatic rings. The largest absolute Gasteiger partial charge is 0.269 e. The molecular weight excluding hydrogens is 534 g/mol. The van der Waals surface area contributed by atoms with Gasteiger partial charge >= 0.3 is 0 Å². The minimum absolute atomic E-state index is 0.673. The highest BCUT2D eigenvalue weighted by Gasteiger charge is 2.35. The van der Waals surface area contributed by atoms with Crippen molar-refractivity contribution in [1.29, 1.82) is 0 Å². The van der Waals surface area contributed by atoms with Crippen LogP contribution in [-0.2, 0) is 0 Å². The Morgan fingerprint density at radius 2 is 1.07 bits per heavy atom. The van der Waals surface area contributed by atoms with Crippen molar-refractivity contribution >= 4 is 72.6 Å². The second-order valence-corrected chi connectivity index (χ2v) is 10.6.